The van der Waals surface area contributed by atoms with Crippen LogP contribution in [0.1, 0.15) is 41.6 Å². The largest absolute Gasteiger partial charge is 0.493 e. The van der Waals surface area contributed by atoms with E-state index in [1.54, 1.807) is 30.3 Å². The van der Waals surface area contributed by atoms with E-state index in [-0.39, 0.29) is 24.3 Å². The summed E-state index contributed by atoms with van der Waals surface area (Å²) in [7, 11) is 1.52. The van der Waals surface area contributed by atoms with Crippen molar-refractivity contribution in [2.75, 3.05) is 13.7 Å². The maximum atomic E-state index is 12.5. The van der Waals surface area contributed by atoms with Crippen molar-refractivity contribution >= 4 is 5.91 Å². The van der Waals surface area contributed by atoms with Gasteiger partial charge in [0.1, 0.15) is 5.75 Å². The van der Waals surface area contributed by atoms with Crippen LogP contribution in [0, 0.1) is 0 Å². The number of ether oxygens (including phenoxy) is 3. The van der Waals surface area contributed by atoms with Gasteiger partial charge in [0.2, 0.25) is 0 Å². The first-order valence-corrected chi connectivity index (χ1v) is 9.75. The molecule has 2 aromatic carbocycles. The van der Waals surface area contributed by atoms with E-state index in [0.29, 0.717) is 22.6 Å². The van der Waals surface area contributed by atoms with Gasteiger partial charge in [0, 0.05) is 12.1 Å². The Morgan fingerprint density at radius 1 is 1.10 bits per heavy atom. The molecule has 0 unspecified atom stereocenters. The maximum Gasteiger partial charge on any atom is 0.422 e. The van der Waals surface area contributed by atoms with Gasteiger partial charge in [-0.15, -0.1) is 0 Å². The van der Waals surface area contributed by atoms with E-state index >= 15 is 0 Å². The van der Waals surface area contributed by atoms with Crippen LogP contribution in [-0.4, -0.2) is 31.9 Å². The van der Waals surface area contributed by atoms with E-state index in [0.717, 1.165) is 25.7 Å². The molecule has 0 aliphatic heterocycles. The van der Waals surface area contributed by atoms with Crippen LogP contribution in [0.25, 0.3) is 0 Å². The topological polar surface area (TPSA) is 56.8 Å². The SMILES string of the molecule is COc1cc(C(=O)NCc2cccc(OCC(F)(F)F)c2)ccc1OC1CCCC1. The molecule has 30 heavy (non-hydrogen) atoms. The highest BCUT2D eigenvalue weighted by Crippen LogP contribution is 2.32. The molecule has 8 heteroatoms. The molecular weight excluding hydrogens is 399 g/mol. The standard InChI is InChI=1S/C22H24F3NO4/c1-28-20-12-16(9-10-19(20)30-17-6-2-3-7-17)21(27)26-13-15-5-4-8-18(11-15)29-14-22(23,24)25/h4-5,8-12,17H,2-3,6-7,13-14H2,1H3,(H,26,27). The highest BCUT2D eigenvalue weighted by atomic mass is 19.4. The molecule has 0 radical (unpaired) electrons. The molecule has 1 N–H and O–H groups in total. The highest BCUT2D eigenvalue weighted by molar-refractivity contribution is 5.94. The molecule has 1 aliphatic carbocycles. The Kier molecular flexibility index (Phi) is 7.07. The molecule has 0 saturated heterocycles. The van der Waals surface area contributed by atoms with Crippen molar-refractivity contribution in [2.45, 2.75) is 44.5 Å². The zero-order valence-corrected chi connectivity index (χ0v) is 16.6. The molecule has 0 bridgehead atoms. The molecule has 1 fully saturated rings. The quantitative estimate of drug-likeness (QED) is 0.657. The summed E-state index contributed by atoms with van der Waals surface area (Å²) in [6.07, 6.45) is 0.0854. The molecule has 1 amide bonds. The number of hydrogen-bond acceptors (Lipinski definition) is 4. The lowest BCUT2D eigenvalue weighted by Gasteiger charge is -2.16. The summed E-state index contributed by atoms with van der Waals surface area (Å²) in [5.41, 5.74) is 1.02. The van der Waals surface area contributed by atoms with E-state index in [1.807, 2.05) is 0 Å². The zero-order valence-electron chi connectivity index (χ0n) is 16.6. The molecule has 1 saturated carbocycles. The van der Waals surface area contributed by atoms with Gasteiger partial charge < -0.3 is 19.5 Å². The van der Waals surface area contributed by atoms with Crippen LogP contribution < -0.4 is 19.5 Å². The number of methoxy groups -OCH3 is 1. The summed E-state index contributed by atoms with van der Waals surface area (Å²) >= 11 is 0. The predicted octanol–water partition coefficient (Wildman–Crippen LogP) is 4.89. The second-order valence-electron chi connectivity index (χ2n) is 7.12. The van der Waals surface area contributed by atoms with E-state index < -0.39 is 12.8 Å². The number of rotatable bonds is 8. The first-order valence-electron chi connectivity index (χ1n) is 9.75. The van der Waals surface area contributed by atoms with Crippen LogP contribution in [0.5, 0.6) is 17.2 Å². The Morgan fingerprint density at radius 3 is 2.57 bits per heavy atom. The van der Waals surface area contributed by atoms with Gasteiger partial charge in [-0.25, -0.2) is 0 Å². The molecule has 0 heterocycles. The van der Waals surface area contributed by atoms with Gasteiger partial charge in [0.25, 0.3) is 5.91 Å². The molecule has 2 aromatic rings. The normalized spacial score (nSPS) is 14.4. The van der Waals surface area contributed by atoms with Gasteiger partial charge >= 0.3 is 6.18 Å². The van der Waals surface area contributed by atoms with Crippen molar-refractivity contribution in [3.05, 3.63) is 53.6 Å². The van der Waals surface area contributed by atoms with Crippen molar-refractivity contribution in [1.82, 2.24) is 5.32 Å². The predicted molar refractivity (Wildman–Crippen MR) is 105 cm³/mol. The number of halogens is 3. The average molecular weight is 423 g/mol. The lowest BCUT2D eigenvalue weighted by Crippen LogP contribution is -2.23. The first-order chi connectivity index (χ1) is 14.3. The molecule has 0 spiro atoms. The Morgan fingerprint density at radius 2 is 1.87 bits per heavy atom. The summed E-state index contributed by atoms with van der Waals surface area (Å²) in [6, 6.07) is 11.2. The average Bonchev–Trinajstić information content (AvgIpc) is 3.24. The summed E-state index contributed by atoms with van der Waals surface area (Å²) in [5.74, 6) is 0.851. The lowest BCUT2D eigenvalue weighted by atomic mass is 10.1. The fourth-order valence-electron chi connectivity index (χ4n) is 3.29. The van der Waals surface area contributed by atoms with Crippen molar-refractivity contribution in [3.63, 3.8) is 0 Å². The summed E-state index contributed by atoms with van der Waals surface area (Å²) in [5, 5.41) is 2.75. The zero-order chi connectivity index (χ0) is 21.6. The summed E-state index contributed by atoms with van der Waals surface area (Å²) in [6.45, 7) is -1.22. The second kappa shape index (κ2) is 9.73. The Bertz CT molecular complexity index is 864. The molecule has 3 rings (SSSR count). The molecule has 0 atom stereocenters. The van der Waals surface area contributed by atoms with Crippen molar-refractivity contribution in [2.24, 2.45) is 0 Å². The smallest absolute Gasteiger partial charge is 0.422 e. The third kappa shape index (κ3) is 6.30. The fraction of sp³-hybridized carbons (Fsp3) is 0.409. The number of nitrogens with one attached hydrogen (secondary N) is 1. The molecule has 1 aliphatic rings. The molecule has 0 aromatic heterocycles. The van der Waals surface area contributed by atoms with Crippen LogP contribution in [-0.2, 0) is 6.54 Å². The van der Waals surface area contributed by atoms with Crippen LogP contribution in [0.3, 0.4) is 0 Å². The van der Waals surface area contributed by atoms with Gasteiger partial charge in [-0.3, -0.25) is 4.79 Å². The summed E-state index contributed by atoms with van der Waals surface area (Å²) in [4.78, 5) is 12.5. The number of hydrogen-bond donors (Lipinski definition) is 1. The summed E-state index contributed by atoms with van der Waals surface area (Å²) < 4.78 is 52.9. The lowest BCUT2D eigenvalue weighted by molar-refractivity contribution is -0.153. The van der Waals surface area contributed by atoms with Gasteiger partial charge in [-0.2, -0.15) is 13.2 Å². The van der Waals surface area contributed by atoms with Crippen LogP contribution in [0.15, 0.2) is 42.5 Å². The van der Waals surface area contributed by atoms with Gasteiger partial charge in [0.15, 0.2) is 18.1 Å². The number of carbonyl (C=O) groups is 1. The van der Waals surface area contributed by atoms with E-state index in [1.165, 1.54) is 19.2 Å². The Labute approximate surface area is 173 Å². The van der Waals surface area contributed by atoms with Gasteiger partial charge in [0.05, 0.1) is 13.2 Å². The Balaban J connectivity index is 1.59. The van der Waals surface area contributed by atoms with Crippen LogP contribution in [0.4, 0.5) is 13.2 Å². The number of benzene rings is 2. The van der Waals surface area contributed by atoms with Gasteiger partial charge in [-0.05, 0) is 61.6 Å². The second-order valence-corrected chi connectivity index (χ2v) is 7.12. The van der Waals surface area contributed by atoms with Crippen molar-refractivity contribution in [1.29, 1.82) is 0 Å². The molecule has 5 nitrogen and oxygen atoms in total. The third-order valence-corrected chi connectivity index (χ3v) is 4.78. The minimum Gasteiger partial charge on any atom is -0.493 e. The fourth-order valence-corrected chi connectivity index (χ4v) is 3.29. The molecular formula is C22H24F3NO4. The van der Waals surface area contributed by atoms with Crippen molar-refractivity contribution in [3.8, 4) is 17.2 Å². The van der Waals surface area contributed by atoms with Crippen LogP contribution >= 0.6 is 0 Å². The Hall–Kier alpha value is -2.90. The maximum absolute atomic E-state index is 12.5. The van der Waals surface area contributed by atoms with Crippen molar-refractivity contribution < 1.29 is 32.2 Å². The monoisotopic (exact) mass is 423 g/mol. The van der Waals surface area contributed by atoms with E-state index in [4.69, 9.17) is 14.2 Å². The number of alkyl halides is 3. The number of carbonyl (C=O) groups excluding carboxylic acids is 1. The third-order valence-electron chi connectivity index (χ3n) is 4.78. The van der Waals surface area contributed by atoms with E-state index in [9.17, 15) is 18.0 Å². The molecule has 162 valence electrons. The minimum atomic E-state index is -4.41. The van der Waals surface area contributed by atoms with Crippen LogP contribution in [0.2, 0.25) is 0 Å². The minimum absolute atomic E-state index is 0.0918. The number of amides is 1. The highest BCUT2D eigenvalue weighted by Gasteiger charge is 2.28. The first kappa shape index (κ1) is 21.8. The van der Waals surface area contributed by atoms with E-state index in [2.05, 4.69) is 5.32 Å². The van der Waals surface area contributed by atoms with Gasteiger partial charge in [-0.1, -0.05) is 12.1 Å².